The Morgan fingerprint density at radius 1 is 1.14 bits per heavy atom. The van der Waals surface area contributed by atoms with Crippen molar-refractivity contribution in [2.24, 2.45) is 7.05 Å². The van der Waals surface area contributed by atoms with Gasteiger partial charge in [-0.25, -0.2) is 8.42 Å². The largest absolute Gasteiger partial charge is 0.347 e. The van der Waals surface area contributed by atoms with Gasteiger partial charge < -0.3 is 9.88 Å². The summed E-state index contributed by atoms with van der Waals surface area (Å²) in [5.41, 5.74) is 1.76. The van der Waals surface area contributed by atoms with Crippen LogP contribution in [-0.2, 0) is 17.1 Å². The summed E-state index contributed by atoms with van der Waals surface area (Å²) in [5, 5.41) is 4.06. The highest BCUT2D eigenvalue weighted by Gasteiger charge is 2.30. The molecule has 1 aromatic carbocycles. The lowest BCUT2D eigenvalue weighted by Gasteiger charge is -2.20. The molecular weight excluding hydrogens is 322 g/mol. The maximum Gasteiger partial charge on any atom is 0.245 e. The first-order valence-electron chi connectivity index (χ1n) is 7.28. The normalized spacial score (nSPS) is 17.2. The van der Waals surface area contributed by atoms with Gasteiger partial charge in [0.2, 0.25) is 10.0 Å². The van der Waals surface area contributed by atoms with Crippen molar-refractivity contribution < 1.29 is 8.42 Å². The summed E-state index contributed by atoms with van der Waals surface area (Å²) in [6.45, 7) is 4.58. The van der Waals surface area contributed by atoms with Gasteiger partial charge in [0.05, 0.1) is 0 Å². The van der Waals surface area contributed by atoms with Crippen LogP contribution in [0.4, 0.5) is 0 Å². The standard InChI is InChI=1S/C15H21N3O2S.ClH/c1-12-15(13-6-3-4-7-14(13)17(12)2)21(19,20)18-10-5-8-16-9-11-18;/h3-4,6-7,16H,5,8-11H2,1-2H3;1H. The Morgan fingerprint density at radius 2 is 1.86 bits per heavy atom. The third-order valence-corrected chi connectivity index (χ3v) is 6.31. The second kappa shape index (κ2) is 6.58. The molecule has 1 N–H and O–H groups in total. The van der Waals surface area contributed by atoms with E-state index in [9.17, 15) is 8.42 Å². The van der Waals surface area contributed by atoms with Gasteiger partial charge >= 0.3 is 0 Å². The topological polar surface area (TPSA) is 54.3 Å². The zero-order valence-corrected chi connectivity index (χ0v) is 14.5. The molecule has 0 saturated carbocycles. The number of fused-ring (bicyclic) bond motifs is 1. The van der Waals surface area contributed by atoms with E-state index in [0.29, 0.717) is 24.5 Å². The molecule has 0 spiro atoms. The fraction of sp³-hybridized carbons (Fsp3) is 0.467. The Hall–Kier alpha value is -1.08. The van der Waals surface area contributed by atoms with Crippen LogP contribution >= 0.6 is 12.4 Å². The number of nitrogens with zero attached hydrogens (tertiary/aromatic N) is 2. The maximum absolute atomic E-state index is 13.1. The lowest BCUT2D eigenvalue weighted by molar-refractivity contribution is 0.432. The minimum atomic E-state index is -3.45. The van der Waals surface area contributed by atoms with Crippen molar-refractivity contribution in [3.05, 3.63) is 30.0 Å². The first-order chi connectivity index (χ1) is 10.0. The van der Waals surface area contributed by atoms with Gasteiger partial charge in [0.1, 0.15) is 4.90 Å². The molecule has 1 saturated heterocycles. The number of rotatable bonds is 2. The van der Waals surface area contributed by atoms with Crippen LogP contribution in [0.15, 0.2) is 29.2 Å². The van der Waals surface area contributed by atoms with Crippen molar-refractivity contribution >= 4 is 33.3 Å². The highest BCUT2D eigenvalue weighted by molar-refractivity contribution is 7.89. The SMILES string of the molecule is Cc1c(S(=O)(=O)N2CCCNCC2)c2ccccc2n1C.Cl. The third kappa shape index (κ3) is 2.76. The number of nitrogens with one attached hydrogen (secondary N) is 1. The van der Waals surface area contributed by atoms with E-state index in [4.69, 9.17) is 0 Å². The van der Waals surface area contributed by atoms with E-state index < -0.39 is 10.0 Å². The molecule has 22 heavy (non-hydrogen) atoms. The fourth-order valence-corrected chi connectivity index (χ4v) is 4.92. The molecule has 7 heteroatoms. The van der Waals surface area contributed by atoms with Crippen LogP contribution < -0.4 is 5.32 Å². The molecule has 1 fully saturated rings. The third-order valence-electron chi connectivity index (χ3n) is 4.24. The summed E-state index contributed by atoms with van der Waals surface area (Å²) in [6.07, 6.45) is 0.850. The molecule has 0 aliphatic carbocycles. The summed E-state index contributed by atoms with van der Waals surface area (Å²) in [4.78, 5) is 0.461. The molecule has 1 aliphatic heterocycles. The van der Waals surface area contributed by atoms with Gasteiger partial charge in [0, 0.05) is 43.3 Å². The Labute approximate surface area is 137 Å². The van der Waals surface area contributed by atoms with Crippen LogP contribution in [0.5, 0.6) is 0 Å². The van der Waals surface area contributed by atoms with Crippen LogP contribution in [0, 0.1) is 6.92 Å². The zero-order chi connectivity index (χ0) is 15.0. The predicted octanol–water partition coefficient (Wildman–Crippen LogP) is 1.89. The second-order valence-electron chi connectivity index (χ2n) is 5.50. The molecule has 5 nitrogen and oxygen atoms in total. The number of para-hydroxylation sites is 1. The average Bonchev–Trinajstić information content (AvgIpc) is 2.67. The van der Waals surface area contributed by atoms with Crippen LogP contribution in [0.3, 0.4) is 0 Å². The van der Waals surface area contributed by atoms with Crippen LogP contribution in [0.1, 0.15) is 12.1 Å². The first-order valence-corrected chi connectivity index (χ1v) is 8.72. The number of halogens is 1. The van der Waals surface area contributed by atoms with E-state index >= 15 is 0 Å². The molecule has 0 unspecified atom stereocenters. The molecular formula is C15H22ClN3O2S. The summed E-state index contributed by atoms with van der Waals surface area (Å²) in [5.74, 6) is 0. The molecule has 0 amide bonds. The fourth-order valence-electron chi connectivity index (χ4n) is 3.00. The molecule has 2 heterocycles. The summed E-state index contributed by atoms with van der Waals surface area (Å²) in [7, 11) is -1.53. The molecule has 1 aliphatic rings. The summed E-state index contributed by atoms with van der Waals surface area (Å²) >= 11 is 0. The maximum atomic E-state index is 13.1. The van der Waals surface area contributed by atoms with Gasteiger partial charge in [0.15, 0.2) is 0 Å². The first kappa shape index (κ1) is 17.3. The molecule has 0 atom stereocenters. The monoisotopic (exact) mass is 343 g/mol. The van der Waals surface area contributed by atoms with Crippen molar-refractivity contribution in [3.8, 4) is 0 Å². The zero-order valence-electron chi connectivity index (χ0n) is 12.9. The number of sulfonamides is 1. The Kier molecular flexibility index (Phi) is 5.17. The van der Waals surface area contributed by atoms with E-state index in [0.717, 1.165) is 29.6 Å². The van der Waals surface area contributed by atoms with Gasteiger partial charge in [-0.15, -0.1) is 12.4 Å². The molecule has 3 rings (SSSR count). The number of aromatic nitrogens is 1. The summed E-state index contributed by atoms with van der Waals surface area (Å²) < 4.78 is 29.7. The lowest BCUT2D eigenvalue weighted by atomic mass is 10.2. The molecule has 1 aromatic heterocycles. The summed E-state index contributed by atoms with van der Waals surface area (Å²) in [6, 6.07) is 7.69. The molecule has 2 aromatic rings. The average molecular weight is 344 g/mol. The second-order valence-corrected chi connectivity index (χ2v) is 7.37. The minimum absolute atomic E-state index is 0. The highest BCUT2D eigenvalue weighted by atomic mass is 35.5. The van der Waals surface area contributed by atoms with Crippen LogP contribution in [0.25, 0.3) is 10.9 Å². The predicted molar refractivity (Wildman–Crippen MR) is 91.1 cm³/mol. The Balaban J connectivity index is 0.00000176. The quantitative estimate of drug-likeness (QED) is 0.906. The number of hydrogen-bond donors (Lipinski definition) is 1. The van der Waals surface area contributed by atoms with Gasteiger partial charge in [-0.05, 0) is 26.0 Å². The van der Waals surface area contributed by atoms with Gasteiger partial charge in [-0.3, -0.25) is 0 Å². The van der Waals surface area contributed by atoms with Gasteiger partial charge in [0.25, 0.3) is 0 Å². The number of hydrogen-bond acceptors (Lipinski definition) is 3. The minimum Gasteiger partial charge on any atom is -0.347 e. The molecule has 0 bridgehead atoms. The van der Waals surface area contributed by atoms with Crippen molar-refractivity contribution in [3.63, 3.8) is 0 Å². The van der Waals surface area contributed by atoms with Gasteiger partial charge in [-0.2, -0.15) is 4.31 Å². The van der Waals surface area contributed by atoms with E-state index in [1.807, 2.05) is 42.8 Å². The van der Waals surface area contributed by atoms with Crippen molar-refractivity contribution in [2.45, 2.75) is 18.2 Å². The molecule has 0 radical (unpaired) electrons. The van der Waals surface area contributed by atoms with E-state index in [-0.39, 0.29) is 12.4 Å². The van der Waals surface area contributed by atoms with E-state index in [1.54, 1.807) is 4.31 Å². The molecule has 122 valence electrons. The lowest BCUT2D eigenvalue weighted by Crippen LogP contribution is -2.34. The van der Waals surface area contributed by atoms with Crippen LogP contribution in [-0.4, -0.2) is 43.5 Å². The van der Waals surface area contributed by atoms with E-state index in [1.165, 1.54) is 0 Å². The van der Waals surface area contributed by atoms with Gasteiger partial charge in [-0.1, -0.05) is 18.2 Å². The number of benzene rings is 1. The Morgan fingerprint density at radius 3 is 2.64 bits per heavy atom. The van der Waals surface area contributed by atoms with Crippen molar-refractivity contribution in [1.29, 1.82) is 0 Å². The highest BCUT2D eigenvalue weighted by Crippen LogP contribution is 2.31. The van der Waals surface area contributed by atoms with E-state index in [2.05, 4.69) is 5.32 Å². The van der Waals surface area contributed by atoms with Crippen molar-refractivity contribution in [2.75, 3.05) is 26.2 Å². The van der Waals surface area contributed by atoms with Crippen LogP contribution in [0.2, 0.25) is 0 Å². The van der Waals surface area contributed by atoms with Crippen molar-refractivity contribution in [1.82, 2.24) is 14.2 Å². The Bertz CT molecular complexity index is 762. The smallest absolute Gasteiger partial charge is 0.245 e. The number of aryl methyl sites for hydroxylation is 1.